The van der Waals surface area contributed by atoms with Crippen molar-refractivity contribution in [2.24, 2.45) is 0 Å². The number of halogens is 1. The predicted molar refractivity (Wildman–Crippen MR) is 74.6 cm³/mol. The van der Waals surface area contributed by atoms with Crippen LogP contribution >= 0.6 is 11.3 Å². The Morgan fingerprint density at radius 1 is 1.43 bits per heavy atom. The molecule has 3 aromatic rings. The van der Waals surface area contributed by atoms with E-state index in [9.17, 15) is 9.18 Å². The number of ether oxygens (including phenoxy) is 1. The number of carbonyl (C=O) groups is 1. The Kier molecular flexibility index (Phi) is 3.61. The van der Waals surface area contributed by atoms with Gasteiger partial charge in [-0.25, -0.2) is 9.18 Å². The van der Waals surface area contributed by atoms with Crippen molar-refractivity contribution < 1.29 is 13.9 Å². The Hall–Kier alpha value is -2.35. The van der Waals surface area contributed by atoms with Crippen LogP contribution in [0.3, 0.4) is 0 Å². The number of hydrogen-bond donors (Lipinski definition) is 0. The van der Waals surface area contributed by atoms with E-state index < -0.39 is 5.97 Å². The first-order valence-corrected chi connectivity index (χ1v) is 7.16. The summed E-state index contributed by atoms with van der Waals surface area (Å²) in [6.45, 7) is 2.21. The molecule has 1 aromatic carbocycles. The molecule has 0 atom stereocenters. The quantitative estimate of drug-likeness (QED) is 0.693. The third kappa shape index (κ3) is 2.62. The van der Waals surface area contributed by atoms with Crippen LogP contribution in [0.5, 0.6) is 0 Å². The molecule has 0 spiro atoms. The van der Waals surface area contributed by atoms with Crippen molar-refractivity contribution in [1.29, 1.82) is 0 Å². The highest BCUT2D eigenvalue weighted by atomic mass is 32.1. The Labute approximate surface area is 123 Å². The Bertz CT molecular complexity index is 798. The fourth-order valence-corrected chi connectivity index (χ4v) is 2.58. The van der Waals surface area contributed by atoms with Crippen LogP contribution in [0.25, 0.3) is 15.5 Å². The average molecular weight is 306 g/mol. The van der Waals surface area contributed by atoms with Crippen LogP contribution in [-0.4, -0.2) is 32.4 Å². The number of hydrogen-bond acceptors (Lipinski definition) is 6. The molecule has 8 heteroatoms. The molecular formula is C13H11FN4O2S. The van der Waals surface area contributed by atoms with Gasteiger partial charge >= 0.3 is 5.97 Å². The lowest BCUT2D eigenvalue weighted by Gasteiger charge is -1.99. The van der Waals surface area contributed by atoms with Crippen LogP contribution in [0, 0.1) is 5.82 Å². The largest absolute Gasteiger partial charge is 0.460 e. The van der Waals surface area contributed by atoms with E-state index in [0.29, 0.717) is 22.1 Å². The molecule has 0 radical (unpaired) electrons. The van der Waals surface area contributed by atoms with E-state index in [4.69, 9.17) is 4.74 Å². The van der Waals surface area contributed by atoms with Crippen LogP contribution < -0.4 is 0 Å². The van der Waals surface area contributed by atoms with E-state index in [-0.39, 0.29) is 11.6 Å². The molecule has 0 saturated carbocycles. The number of carbonyl (C=O) groups excluding carboxylic acids is 1. The summed E-state index contributed by atoms with van der Waals surface area (Å²) in [6.07, 6.45) is 0.722. The number of fused-ring (bicyclic) bond motifs is 1. The number of benzene rings is 1. The molecule has 6 nitrogen and oxygen atoms in total. The second-order valence-electron chi connectivity index (χ2n) is 4.27. The number of aromatic nitrogens is 4. The minimum absolute atomic E-state index is 0.0253. The first-order valence-electron chi connectivity index (χ1n) is 6.34. The Balaban J connectivity index is 1.98. The molecule has 2 aromatic heterocycles. The van der Waals surface area contributed by atoms with Gasteiger partial charge in [0.25, 0.3) is 5.82 Å². The average Bonchev–Trinajstić information content (AvgIpc) is 3.04. The second-order valence-corrected chi connectivity index (χ2v) is 5.23. The summed E-state index contributed by atoms with van der Waals surface area (Å²) >= 11 is 1.22. The van der Waals surface area contributed by atoms with Gasteiger partial charge in [0, 0.05) is 5.56 Å². The topological polar surface area (TPSA) is 69.4 Å². The highest BCUT2D eigenvalue weighted by molar-refractivity contribution is 7.19. The van der Waals surface area contributed by atoms with E-state index in [2.05, 4.69) is 15.3 Å². The van der Waals surface area contributed by atoms with Crippen molar-refractivity contribution in [2.75, 3.05) is 6.61 Å². The Morgan fingerprint density at radius 2 is 2.29 bits per heavy atom. The highest BCUT2D eigenvalue weighted by Crippen LogP contribution is 2.25. The normalized spacial score (nSPS) is 11.0. The molecule has 0 bridgehead atoms. The van der Waals surface area contributed by atoms with Crippen LogP contribution in [-0.2, 0) is 4.74 Å². The summed E-state index contributed by atoms with van der Waals surface area (Å²) in [5, 5.41) is 12.5. The zero-order valence-corrected chi connectivity index (χ0v) is 11.9. The molecule has 0 fully saturated rings. The second kappa shape index (κ2) is 5.57. The van der Waals surface area contributed by atoms with Gasteiger partial charge in [0.15, 0.2) is 0 Å². The van der Waals surface area contributed by atoms with E-state index in [1.54, 1.807) is 12.1 Å². The van der Waals surface area contributed by atoms with Gasteiger partial charge in [0.1, 0.15) is 10.8 Å². The summed E-state index contributed by atoms with van der Waals surface area (Å²) in [5.74, 6) is -0.890. The van der Waals surface area contributed by atoms with Crippen molar-refractivity contribution in [3.05, 3.63) is 35.9 Å². The fourth-order valence-electron chi connectivity index (χ4n) is 1.74. The summed E-state index contributed by atoms with van der Waals surface area (Å²) in [5.41, 5.74) is 0.623. The summed E-state index contributed by atoms with van der Waals surface area (Å²) in [6, 6.07) is 6.07. The lowest BCUT2D eigenvalue weighted by Crippen LogP contribution is -2.11. The van der Waals surface area contributed by atoms with Crippen molar-refractivity contribution in [3.63, 3.8) is 0 Å². The maximum Gasteiger partial charge on any atom is 0.378 e. The van der Waals surface area contributed by atoms with Gasteiger partial charge in [0.05, 0.1) is 6.61 Å². The molecular weight excluding hydrogens is 295 g/mol. The maximum atomic E-state index is 13.2. The van der Waals surface area contributed by atoms with Gasteiger partial charge in [-0.15, -0.1) is 10.2 Å². The van der Waals surface area contributed by atoms with Crippen molar-refractivity contribution in [3.8, 4) is 10.6 Å². The van der Waals surface area contributed by atoms with Crippen LogP contribution in [0.4, 0.5) is 4.39 Å². The standard InChI is InChI=1S/C13H11FN4O2S/c1-2-6-20-12(19)10-15-16-13-18(10)17-11(21-13)8-4-3-5-9(14)7-8/h3-5,7H,2,6H2,1H3. The molecule has 3 rings (SSSR count). The lowest BCUT2D eigenvalue weighted by molar-refractivity contribution is 0.0487. The third-order valence-corrected chi connectivity index (χ3v) is 3.63. The molecule has 2 heterocycles. The summed E-state index contributed by atoms with van der Waals surface area (Å²) in [7, 11) is 0. The van der Waals surface area contributed by atoms with Crippen molar-refractivity contribution in [2.45, 2.75) is 13.3 Å². The first-order chi connectivity index (χ1) is 10.2. The van der Waals surface area contributed by atoms with E-state index >= 15 is 0 Å². The minimum Gasteiger partial charge on any atom is -0.460 e. The lowest BCUT2D eigenvalue weighted by atomic mass is 10.2. The molecule has 0 aliphatic rings. The van der Waals surface area contributed by atoms with Gasteiger partial charge in [0.2, 0.25) is 4.96 Å². The van der Waals surface area contributed by atoms with E-state index in [0.717, 1.165) is 6.42 Å². The van der Waals surface area contributed by atoms with Gasteiger partial charge in [-0.3, -0.25) is 0 Å². The highest BCUT2D eigenvalue weighted by Gasteiger charge is 2.19. The van der Waals surface area contributed by atoms with Gasteiger partial charge in [-0.2, -0.15) is 9.61 Å². The first kappa shape index (κ1) is 13.6. The zero-order valence-electron chi connectivity index (χ0n) is 11.1. The molecule has 0 aliphatic heterocycles. The van der Waals surface area contributed by atoms with Crippen molar-refractivity contribution >= 4 is 22.3 Å². The van der Waals surface area contributed by atoms with Crippen LogP contribution in [0.2, 0.25) is 0 Å². The molecule has 0 N–H and O–H groups in total. The number of esters is 1. The molecule has 0 saturated heterocycles. The van der Waals surface area contributed by atoms with Gasteiger partial charge in [-0.1, -0.05) is 30.4 Å². The zero-order chi connectivity index (χ0) is 14.8. The van der Waals surface area contributed by atoms with Gasteiger partial charge in [-0.05, 0) is 18.6 Å². The third-order valence-electron chi connectivity index (χ3n) is 2.68. The molecule has 21 heavy (non-hydrogen) atoms. The minimum atomic E-state index is -0.569. The van der Waals surface area contributed by atoms with Crippen LogP contribution in [0.15, 0.2) is 24.3 Å². The molecule has 0 unspecified atom stereocenters. The van der Waals surface area contributed by atoms with Crippen molar-refractivity contribution in [1.82, 2.24) is 19.8 Å². The smallest absolute Gasteiger partial charge is 0.378 e. The predicted octanol–water partition coefficient (Wildman–Crippen LogP) is 2.56. The van der Waals surface area contributed by atoms with E-state index in [1.807, 2.05) is 6.92 Å². The summed E-state index contributed by atoms with van der Waals surface area (Å²) < 4.78 is 19.6. The SMILES string of the molecule is CCCOC(=O)c1nnc2sc(-c3cccc(F)c3)nn12. The monoisotopic (exact) mass is 306 g/mol. The summed E-state index contributed by atoms with van der Waals surface area (Å²) in [4.78, 5) is 12.3. The van der Waals surface area contributed by atoms with Crippen LogP contribution in [0.1, 0.15) is 24.0 Å². The maximum absolute atomic E-state index is 13.2. The Morgan fingerprint density at radius 3 is 3.05 bits per heavy atom. The number of rotatable bonds is 4. The fraction of sp³-hybridized carbons (Fsp3) is 0.231. The molecule has 0 aliphatic carbocycles. The molecule has 108 valence electrons. The van der Waals surface area contributed by atoms with E-state index in [1.165, 1.54) is 28.0 Å². The molecule has 0 amide bonds. The van der Waals surface area contributed by atoms with Gasteiger partial charge < -0.3 is 4.74 Å². The number of nitrogens with zero attached hydrogens (tertiary/aromatic N) is 4.